The summed E-state index contributed by atoms with van der Waals surface area (Å²) in [4.78, 5) is 22.3. The summed E-state index contributed by atoms with van der Waals surface area (Å²) in [5, 5.41) is 11.2. The summed E-state index contributed by atoms with van der Waals surface area (Å²) in [6.45, 7) is 3.22. The molecule has 0 aliphatic rings. The second-order valence-electron chi connectivity index (χ2n) is 3.58. The highest BCUT2D eigenvalue weighted by molar-refractivity contribution is 5.84. The van der Waals surface area contributed by atoms with Gasteiger partial charge in [-0.05, 0) is 18.6 Å². The fourth-order valence-corrected chi connectivity index (χ4v) is 1.29. The molecule has 0 aromatic heterocycles. The molecule has 0 saturated carbocycles. The number of nitrogens with one attached hydrogen (secondary N) is 1. The summed E-state index contributed by atoms with van der Waals surface area (Å²) >= 11 is 0. The van der Waals surface area contributed by atoms with Crippen molar-refractivity contribution in [3.8, 4) is 5.75 Å². The number of para-hydroxylation sites is 1. The molecule has 1 unspecified atom stereocenters. The molecular weight excluding hydrogens is 234 g/mol. The number of aliphatic carboxylic acids is 1. The van der Waals surface area contributed by atoms with Gasteiger partial charge in [0.1, 0.15) is 11.8 Å². The number of carboxylic acid groups (broad SMARTS) is 1. The zero-order chi connectivity index (χ0) is 13.4. The molecule has 2 N–H and O–H groups in total. The first-order valence-electron chi connectivity index (χ1n) is 5.44. The van der Waals surface area contributed by atoms with Crippen molar-refractivity contribution in [3.05, 3.63) is 43.0 Å². The van der Waals surface area contributed by atoms with E-state index in [9.17, 15) is 9.59 Å². The summed E-state index contributed by atoms with van der Waals surface area (Å²) < 4.78 is 5.20. The molecule has 0 heterocycles. The Balaban J connectivity index is 2.41. The molecule has 0 saturated heterocycles. The third-order valence-corrected chi connectivity index (χ3v) is 2.15. The fourth-order valence-electron chi connectivity index (χ4n) is 1.29. The van der Waals surface area contributed by atoms with Crippen LogP contribution in [0.15, 0.2) is 43.0 Å². The molecule has 1 rings (SSSR count). The van der Waals surface area contributed by atoms with E-state index in [0.29, 0.717) is 5.75 Å². The lowest BCUT2D eigenvalue weighted by atomic mass is 10.2. The van der Waals surface area contributed by atoms with Crippen LogP contribution in [0.4, 0.5) is 0 Å². The lowest BCUT2D eigenvalue weighted by Crippen LogP contribution is -2.42. The Kier molecular flexibility index (Phi) is 5.44. The molecule has 1 amide bonds. The maximum atomic E-state index is 11.5. The van der Waals surface area contributed by atoms with Crippen LogP contribution in [0, 0.1) is 0 Å². The van der Waals surface area contributed by atoms with Crippen LogP contribution in [0.25, 0.3) is 0 Å². The summed E-state index contributed by atoms with van der Waals surface area (Å²) in [5.74, 6) is -1.01. The molecule has 0 radical (unpaired) electrons. The molecule has 1 aromatic rings. The molecule has 0 aliphatic heterocycles. The van der Waals surface area contributed by atoms with Crippen LogP contribution in [0.3, 0.4) is 0 Å². The lowest BCUT2D eigenvalue weighted by Gasteiger charge is -2.12. The number of hydrogen-bond acceptors (Lipinski definition) is 3. The van der Waals surface area contributed by atoms with Crippen LogP contribution < -0.4 is 10.1 Å². The Labute approximate surface area is 105 Å². The topological polar surface area (TPSA) is 75.6 Å². The monoisotopic (exact) mass is 249 g/mol. The molecule has 5 nitrogen and oxygen atoms in total. The average molecular weight is 249 g/mol. The number of rotatable bonds is 7. The minimum atomic E-state index is -1.09. The molecule has 1 atom stereocenters. The van der Waals surface area contributed by atoms with E-state index in [1.807, 2.05) is 6.07 Å². The number of carbonyl (C=O) groups is 2. The van der Waals surface area contributed by atoms with Crippen molar-refractivity contribution < 1.29 is 19.4 Å². The number of hydrogen-bond donors (Lipinski definition) is 2. The van der Waals surface area contributed by atoms with Crippen LogP contribution in [0.1, 0.15) is 6.42 Å². The second kappa shape index (κ2) is 7.11. The van der Waals surface area contributed by atoms with Crippen molar-refractivity contribution >= 4 is 11.9 Å². The second-order valence-corrected chi connectivity index (χ2v) is 3.58. The SMILES string of the molecule is C=CCC(NC(=O)COc1ccccc1)C(=O)O. The predicted octanol–water partition coefficient (Wildman–Crippen LogP) is 1.21. The average Bonchev–Trinajstić information content (AvgIpc) is 2.37. The summed E-state index contributed by atoms with van der Waals surface area (Å²) in [6.07, 6.45) is 1.61. The molecule has 18 heavy (non-hydrogen) atoms. The fraction of sp³-hybridized carbons (Fsp3) is 0.231. The van der Waals surface area contributed by atoms with E-state index < -0.39 is 17.9 Å². The summed E-state index contributed by atoms with van der Waals surface area (Å²) in [7, 11) is 0. The van der Waals surface area contributed by atoms with Gasteiger partial charge in [0.05, 0.1) is 0 Å². The first-order valence-corrected chi connectivity index (χ1v) is 5.44. The molecular formula is C13H15NO4. The zero-order valence-corrected chi connectivity index (χ0v) is 9.83. The van der Waals surface area contributed by atoms with Gasteiger partial charge in [-0.15, -0.1) is 6.58 Å². The standard InChI is InChI=1S/C13H15NO4/c1-2-6-11(13(16)17)14-12(15)9-18-10-7-4-3-5-8-10/h2-5,7-8,11H,1,6,9H2,(H,14,15)(H,16,17). The lowest BCUT2D eigenvalue weighted by molar-refractivity contribution is -0.142. The van der Waals surface area contributed by atoms with Gasteiger partial charge < -0.3 is 15.2 Å². The van der Waals surface area contributed by atoms with E-state index >= 15 is 0 Å². The van der Waals surface area contributed by atoms with Crippen LogP contribution in [-0.2, 0) is 9.59 Å². The van der Waals surface area contributed by atoms with Gasteiger partial charge in [-0.2, -0.15) is 0 Å². The van der Waals surface area contributed by atoms with Crippen LogP contribution in [0.5, 0.6) is 5.75 Å². The van der Waals surface area contributed by atoms with E-state index in [4.69, 9.17) is 9.84 Å². The maximum Gasteiger partial charge on any atom is 0.326 e. The van der Waals surface area contributed by atoms with Crippen molar-refractivity contribution in [3.63, 3.8) is 0 Å². The van der Waals surface area contributed by atoms with E-state index in [1.54, 1.807) is 24.3 Å². The van der Waals surface area contributed by atoms with E-state index in [1.165, 1.54) is 6.08 Å². The molecule has 0 bridgehead atoms. The van der Waals surface area contributed by atoms with Crippen molar-refractivity contribution in [2.75, 3.05) is 6.61 Å². The largest absolute Gasteiger partial charge is 0.484 e. The Bertz CT molecular complexity index is 416. The van der Waals surface area contributed by atoms with Crippen LogP contribution in [-0.4, -0.2) is 29.6 Å². The predicted molar refractivity (Wildman–Crippen MR) is 66.3 cm³/mol. The normalized spacial score (nSPS) is 11.3. The van der Waals surface area contributed by atoms with Crippen molar-refractivity contribution in [2.45, 2.75) is 12.5 Å². The number of benzene rings is 1. The van der Waals surface area contributed by atoms with Crippen molar-refractivity contribution in [1.82, 2.24) is 5.32 Å². The first kappa shape index (κ1) is 13.8. The van der Waals surface area contributed by atoms with Crippen molar-refractivity contribution in [2.24, 2.45) is 0 Å². The Morgan fingerprint density at radius 1 is 1.39 bits per heavy atom. The van der Waals surface area contributed by atoms with Gasteiger partial charge >= 0.3 is 5.97 Å². The molecule has 5 heteroatoms. The van der Waals surface area contributed by atoms with E-state index in [0.717, 1.165) is 0 Å². The van der Waals surface area contributed by atoms with Crippen LogP contribution in [0.2, 0.25) is 0 Å². The highest BCUT2D eigenvalue weighted by Gasteiger charge is 2.18. The number of amides is 1. The maximum absolute atomic E-state index is 11.5. The summed E-state index contributed by atoms with van der Waals surface area (Å²) in [5.41, 5.74) is 0. The molecule has 0 aliphatic carbocycles. The highest BCUT2D eigenvalue weighted by Crippen LogP contribution is 2.07. The number of carboxylic acids is 1. The minimum absolute atomic E-state index is 0.173. The van der Waals surface area contributed by atoms with E-state index in [-0.39, 0.29) is 13.0 Å². The number of carbonyl (C=O) groups excluding carboxylic acids is 1. The number of ether oxygens (including phenoxy) is 1. The van der Waals surface area contributed by atoms with Gasteiger partial charge in [0.25, 0.3) is 5.91 Å². The van der Waals surface area contributed by atoms with Crippen LogP contribution >= 0.6 is 0 Å². The molecule has 96 valence electrons. The Morgan fingerprint density at radius 3 is 2.61 bits per heavy atom. The third kappa shape index (κ3) is 4.69. The van der Waals surface area contributed by atoms with Gasteiger partial charge in [0.15, 0.2) is 6.61 Å². The van der Waals surface area contributed by atoms with Gasteiger partial charge in [-0.25, -0.2) is 4.79 Å². The van der Waals surface area contributed by atoms with Gasteiger partial charge in [0.2, 0.25) is 0 Å². The van der Waals surface area contributed by atoms with Gasteiger partial charge in [-0.1, -0.05) is 24.3 Å². The van der Waals surface area contributed by atoms with Gasteiger partial charge in [-0.3, -0.25) is 4.79 Å². The third-order valence-electron chi connectivity index (χ3n) is 2.15. The van der Waals surface area contributed by atoms with E-state index in [2.05, 4.69) is 11.9 Å². The minimum Gasteiger partial charge on any atom is -0.484 e. The molecule has 1 aromatic carbocycles. The summed E-state index contributed by atoms with van der Waals surface area (Å²) in [6, 6.07) is 7.86. The Morgan fingerprint density at radius 2 is 2.06 bits per heavy atom. The van der Waals surface area contributed by atoms with Crippen molar-refractivity contribution in [1.29, 1.82) is 0 Å². The molecule has 0 fully saturated rings. The first-order chi connectivity index (χ1) is 8.63. The zero-order valence-electron chi connectivity index (χ0n) is 9.83. The smallest absolute Gasteiger partial charge is 0.326 e. The van der Waals surface area contributed by atoms with Gasteiger partial charge in [0, 0.05) is 0 Å². The Hall–Kier alpha value is -2.30. The quantitative estimate of drug-likeness (QED) is 0.712. The highest BCUT2D eigenvalue weighted by atomic mass is 16.5. The molecule has 0 spiro atoms.